The van der Waals surface area contributed by atoms with E-state index in [4.69, 9.17) is 4.74 Å². The summed E-state index contributed by atoms with van der Waals surface area (Å²) < 4.78 is 5.30. The normalized spacial score (nSPS) is 21.2. The molecule has 1 fully saturated rings. The van der Waals surface area contributed by atoms with Crippen molar-refractivity contribution >= 4 is 6.03 Å². The minimum absolute atomic E-state index is 0.0880. The molecule has 1 aromatic rings. The van der Waals surface area contributed by atoms with Crippen LogP contribution in [0.4, 0.5) is 4.79 Å². The number of aliphatic hydroxyl groups excluding tert-OH is 1. The summed E-state index contributed by atoms with van der Waals surface area (Å²) in [5, 5.41) is 15.3. The number of hydrogen-bond acceptors (Lipinski definition) is 3. The first-order chi connectivity index (χ1) is 10.7. The summed E-state index contributed by atoms with van der Waals surface area (Å²) in [7, 11) is 1.65. The van der Waals surface area contributed by atoms with Crippen molar-refractivity contribution in [3.05, 3.63) is 29.8 Å². The van der Waals surface area contributed by atoms with Crippen LogP contribution < -0.4 is 15.4 Å². The maximum Gasteiger partial charge on any atom is 0.315 e. The van der Waals surface area contributed by atoms with E-state index in [2.05, 4.69) is 10.6 Å². The molecule has 1 aliphatic carbocycles. The van der Waals surface area contributed by atoms with Gasteiger partial charge in [-0.3, -0.25) is 0 Å². The average molecular weight is 306 g/mol. The zero-order chi connectivity index (χ0) is 15.8. The number of para-hydroxylation sites is 1. The van der Waals surface area contributed by atoms with Crippen LogP contribution in [0.3, 0.4) is 0 Å². The highest BCUT2D eigenvalue weighted by molar-refractivity contribution is 5.74. The van der Waals surface area contributed by atoms with Crippen molar-refractivity contribution in [1.82, 2.24) is 10.6 Å². The van der Waals surface area contributed by atoms with Crippen molar-refractivity contribution in [3.63, 3.8) is 0 Å². The van der Waals surface area contributed by atoms with Gasteiger partial charge in [-0.15, -0.1) is 0 Å². The van der Waals surface area contributed by atoms with Gasteiger partial charge < -0.3 is 20.5 Å². The van der Waals surface area contributed by atoms with E-state index in [0.29, 0.717) is 6.54 Å². The van der Waals surface area contributed by atoms with E-state index in [1.807, 2.05) is 24.3 Å². The number of urea groups is 1. The Morgan fingerprint density at radius 3 is 2.86 bits per heavy atom. The number of carbonyl (C=O) groups is 1. The van der Waals surface area contributed by atoms with Crippen LogP contribution >= 0.6 is 0 Å². The minimum Gasteiger partial charge on any atom is -0.496 e. The summed E-state index contributed by atoms with van der Waals surface area (Å²) in [5.74, 6) is 1.03. The monoisotopic (exact) mass is 306 g/mol. The third-order valence-electron chi connectivity index (χ3n) is 4.33. The molecule has 0 aliphatic heterocycles. The smallest absolute Gasteiger partial charge is 0.315 e. The van der Waals surface area contributed by atoms with E-state index >= 15 is 0 Å². The fourth-order valence-corrected chi connectivity index (χ4v) is 3.06. The number of aliphatic hydroxyl groups is 1. The highest BCUT2D eigenvalue weighted by Crippen LogP contribution is 2.23. The second kappa shape index (κ2) is 8.63. The summed E-state index contributed by atoms with van der Waals surface area (Å²) in [6, 6.07) is 7.75. The van der Waals surface area contributed by atoms with Gasteiger partial charge in [0.1, 0.15) is 5.75 Å². The number of carbonyl (C=O) groups excluding carboxylic acids is 1. The number of amides is 2. The van der Waals surface area contributed by atoms with E-state index in [-0.39, 0.29) is 24.6 Å². The second-order valence-electron chi connectivity index (χ2n) is 5.80. The number of methoxy groups -OCH3 is 1. The third kappa shape index (κ3) is 4.63. The molecule has 0 bridgehead atoms. The van der Waals surface area contributed by atoms with Gasteiger partial charge in [0.15, 0.2) is 0 Å². The number of benzene rings is 1. The molecule has 2 unspecified atom stereocenters. The van der Waals surface area contributed by atoms with Gasteiger partial charge in [-0.25, -0.2) is 4.79 Å². The summed E-state index contributed by atoms with van der Waals surface area (Å²) >= 11 is 0. The molecule has 2 amide bonds. The summed E-state index contributed by atoms with van der Waals surface area (Å²) in [6.45, 7) is 0.703. The van der Waals surface area contributed by atoms with Crippen LogP contribution in [0.25, 0.3) is 0 Å². The number of rotatable bonds is 6. The number of nitrogens with one attached hydrogen (secondary N) is 2. The van der Waals surface area contributed by atoms with Crippen molar-refractivity contribution in [2.75, 3.05) is 20.3 Å². The molecule has 0 aromatic heterocycles. The van der Waals surface area contributed by atoms with E-state index in [0.717, 1.165) is 43.4 Å². The lowest BCUT2D eigenvalue weighted by Crippen LogP contribution is -2.48. The molecule has 0 radical (unpaired) electrons. The number of ether oxygens (including phenoxy) is 1. The second-order valence-corrected chi connectivity index (χ2v) is 5.80. The van der Waals surface area contributed by atoms with Crippen LogP contribution in [0.2, 0.25) is 0 Å². The molecule has 3 N–H and O–H groups in total. The quantitative estimate of drug-likeness (QED) is 0.753. The zero-order valence-corrected chi connectivity index (χ0v) is 13.2. The van der Waals surface area contributed by atoms with Crippen molar-refractivity contribution in [3.8, 4) is 5.75 Å². The molecular weight excluding hydrogens is 280 g/mol. The van der Waals surface area contributed by atoms with Gasteiger partial charge in [0.05, 0.1) is 7.11 Å². The molecule has 0 saturated heterocycles. The van der Waals surface area contributed by atoms with E-state index in [9.17, 15) is 9.90 Å². The number of hydrogen-bond donors (Lipinski definition) is 3. The molecule has 0 heterocycles. The zero-order valence-electron chi connectivity index (χ0n) is 13.2. The first-order valence-corrected chi connectivity index (χ1v) is 8.01. The van der Waals surface area contributed by atoms with E-state index in [1.54, 1.807) is 7.11 Å². The average Bonchev–Trinajstić information content (AvgIpc) is 2.55. The first kappa shape index (κ1) is 16.6. The first-order valence-electron chi connectivity index (χ1n) is 8.01. The Kier molecular flexibility index (Phi) is 6.52. The summed E-state index contributed by atoms with van der Waals surface area (Å²) in [4.78, 5) is 12.0. The lowest BCUT2D eigenvalue weighted by molar-refractivity contribution is 0.154. The molecule has 5 nitrogen and oxygen atoms in total. The van der Waals surface area contributed by atoms with Crippen LogP contribution in [0.15, 0.2) is 24.3 Å². The molecule has 2 rings (SSSR count). The van der Waals surface area contributed by atoms with Crippen molar-refractivity contribution < 1.29 is 14.6 Å². The van der Waals surface area contributed by atoms with Crippen molar-refractivity contribution in [1.29, 1.82) is 0 Å². The fraction of sp³-hybridized carbons (Fsp3) is 0.588. The third-order valence-corrected chi connectivity index (χ3v) is 4.33. The van der Waals surface area contributed by atoms with Gasteiger partial charge in [0.25, 0.3) is 0 Å². The molecule has 2 atom stereocenters. The maximum atomic E-state index is 12.0. The highest BCUT2D eigenvalue weighted by atomic mass is 16.5. The van der Waals surface area contributed by atoms with Gasteiger partial charge in [0, 0.05) is 25.1 Å². The standard InChI is InChI=1S/C17H26N2O3/c1-22-16-9-5-3-6-13(16)10-11-18-17(21)19-15-8-4-2-7-14(15)12-20/h3,5-6,9,14-15,20H,2,4,7-8,10-12H2,1H3,(H2,18,19,21). The van der Waals surface area contributed by atoms with Crippen molar-refractivity contribution in [2.24, 2.45) is 5.92 Å². The topological polar surface area (TPSA) is 70.6 Å². The Labute approximate surface area is 132 Å². The largest absolute Gasteiger partial charge is 0.496 e. The SMILES string of the molecule is COc1ccccc1CCNC(=O)NC1CCCCC1CO. The Balaban J connectivity index is 1.75. The highest BCUT2D eigenvalue weighted by Gasteiger charge is 2.25. The van der Waals surface area contributed by atoms with Crippen molar-refractivity contribution in [2.45, 2.75) is 38.1 Å². The maximum absolute atomic E-state index is 12.0. The minimum atomic E-state index is -0.153. The van der Waals surface area contributed by atoms with Crippen LogP contribution in [0.5, 0.6) is 5.75 Å². The van der Waals surface area contributed by atoms with Gasteiger partial charge in [-0.1, -0.05) is 31.0 Å². The van der Waals surface area contributed by atoms with Gasteiger partial charge in [-0.2, -0.15) is 0 Å². The molecule has 1 saturated carbocycles. The fourth-order valence-electron chi connectivity index (χ4n) is 3.06. The van der Waals surface area contributed by atoms with Gasteiger partial charge >= 0.3 is 6.03 Å². The van der Waals surface area contributed by atoms with Crippen LogP contribution in [0.1, 0.15) is 31.2 Å². The lowest BCUT2D eigenvalue weighted by Gasteiger charge is -2.30. The Morgan fingerprint density at radius 2 is 2.09 bits per heavy atom. The molecule has 1 aliphatic rings. The Bertz CT molecular complexity index is 479. The van der Waals surface area contributed by atoms with E-state index < -0.39 is 0 Å². The molecule has 122 valence electrons. The molecular formula is C17H26N2O3. The predicted octanol–water partition coefficient (Wildman–Crippen LogP) is 2.09. The Hall–Kier alpha value is -1.75. The molecule has 0 spiro atoms. The predicted molar refractivity (Wildman–Crippen MR) is 86.1 cm³/mol. The van der Waals surface area contributed by atoms with Gasteiger partial charge in [-0.05, 0) is 30.9 Å². The van der Waals surface area contributed by atoms with Crippen LogP contribution in [0, 0.1) is 5.92 Å². The van der Waals surface area contributed by atoms with Crippen LogP contribution in [-0.4, -0.2) is 37.4 Å². The lowest BCUT2D eigenvalue weighted by atomic mass is 9.85. The van der Waals surface area contributed by atoms with E-state index in [1.165, 1.54) is 0 Å². The molecule has 1 aromatic carbocycles. The Morgan fingerprint density at radius 1 is 1.32 bits per heavy atom. The van der Waals surface area contributed by atoms with Gasteiger partial charge in [0.2, 0.25) is 0 Å². The van der Waals surface area contributed by atoms with Crippen LogP contribution in [-0.2, 0) is 6.42 Å². The summed E-state index contributed by atoms with van der Waals surface area (Å²) in [5.41, 5.74) is 1.08. The summed E-state index contributed by atoms with van der Waals surface area (Å²) in [6.07, 6.45) is 4.92. The molecule has 22 heavy (non-hydrogen) atoms. The molecule has 5 heteroatoms.